The third-order valence-corrected chi connectivity index (χ3v) is 2.68. The van der Waals surface area contributed by atoms with Crippen LogP contribution in [0.15, 0.2) is 0 Å². The Balaban J connectivity index is 2.50. The molecule has 1 saturated heterocycles. The van der Waals surface area contributed by atoms with E-state index in [0.29, 0.717) is 13.1 Å². The van der Waals surface area contributed by atoms with Crippen LogP contribution in [0, 0.1) is 0 Å². The second-order valence-electron chi connectivity index (χ2n) is 4.19. The monoisotopic (exact) mass is 228 g/mol. The van der Waals surface area contributed by atoms with Crippen molar-refractivity contribution in [1.82, 2.24) is 15.1 Å². The molecule has 6 heteroatoms. The molecule has 0 bridgehead atoms. The number of piperazine rings is 1. The van der Waals surface area contributed by atoms with Gasteiger partial charge >= 0.3 is 6.03 Å². The Morgan fingerprint density at radius 3 is 2.38 bits per heavy atom. The van der Waals surface area contributed by atoms with Gasteiger partial charge in [0.05, 0.1) is 0 Å². The molecule has 0 unspecified atom stereocenters. The van der Waals surface area contributed by atoms with Gasteiger partial charge in [-0.2, -0.15) is 0 Å². The fourth-order valence-electron chi connectivity index (χ4n) is 1.67. The van der Waals surface area contributed by atoms with E-state index in [0.717, 1.165) is 13.1 Å². The molecule has 92 valence electrons. The minimum Gasteiger partial charge on any atom is -0.351 e. The minimum absolute atomic E-state index is 0.0333. The van der Waals surface area contributed by atoms with Crippen LogP contribution in [-0.2, 0) is 4.79 Å². The molecule has 1 fully saturated rings. The van der Waals surface area contributed by atoms with Gasteiger partial charge in [0.15, 0.2) is 0 Å². The van der Waals surface area contributed by atoms with E-state index < -0.39 is 6.03 Å². The second-order valence-corrected chi connectivity index (χ2v) is 4.19. The summed E-state index contributed by atoms with van der Waals surface area (Å²) in [6, 6.07) is -0.595. The van der Waals surface area contributed by atoms with E-state index in [1.54, 1.807) is 4.90 Å². The lowest BCUT2D eigenvalue weighted by molar-refractivity contribution is -0.132. The Bertz CT molecular complexity index is 262. The lowest BCUT2D eigenvalue weighted by atomic mass is 10.3. The maximum atomic E-state index is 11.9. The van der Waals surface area contributed by atoms with Crippen molar-refractivity contribution >= 4 is 11.9 Å². The first-order valence-corrected chi connectivity index (χ1v) is 5.57. The molecule has 16 heavy (non-hydrogen) atoms. The zero-order valence-corrected chi connectivity index (χ0v) is 9.90. The summed E-state index contributed by atoms with van der Waals surface area (Å²) in [5.74, 6) is -0.0333. The van der Waals surface area contributed by atoms with Gasteiger partial charge in [-0.1, -0.05) is 0 Å². The number of hydrogen-bond donors (Lipinski definition) is 2. The maximum absolute atomic E-state index is 11.9. The number of carbonyl (C=O) groups excluding carboxylic acids is 2. The summed E-state index contributed by atoms with van der Waals surface area (Å²) in [6.07, 6.45) is 0. The van der Waals surface area contributed by atoms with Crippen molar-refractivity contribution in [2.24, 2.45) is 5.73 Å². The predicted octanol–water partition coefficient (Wildman–Crippen LogP) is -0.793. The third-order valence-electron chi connectivity index (χ3n) is 2.68. The molecule has 1 aliphatic rings. The number of rotatable bonds is 3. The maximum Gasteiger partial charge on any atom is 0.315 e. The summed E-state index contributed by atoms with van der Waals surface area (Å²) < 4.78 is 0. The van der Waals surface area contributed by atoms with Gasteiger partial charge in [-0.15, -0.1) is 0 Å². The Morgan fingerprint density at radius 2 is 1.94 bits per heavy atom. The van der Waals surface area contributed by atoms with Crippen LogP contribution in [-0.4, -0.2) is 60.5 Å². The average molecular weight is 228 g/mol. The summed E-state index contributed by atoms with van der Waals surface area (Å²) in [5, 5.41) is 3.17. The molecule has 0 saturated carbocycles. The summed E-state index contributed by atoms with van der Waals surface area (Å²) in [4.78, 5) is 26.1. The zero-order chi connectivity index (χ0) is 12.1. The summed E-state index contributed by atoms with van der Waals surface area (Å²) in [5.41, 5.74) is 5.22. The second kappa shape index (κ2) is 5.69. The van der Waals surface area contributed by atoms with Crippen molar-refractivity contribution < 1.29 is 9.59 Å². The molecule has 3 N–H and O–H groups in total. The summed E-state index contributed by atoms with van der Waals surface area (Å²) in [7, 11) is 0. The van der Waals surface area contributed by atoms with Gasteiger partial charge in [-0.05, 0) is 13.8 Å². The van der Waals surface area contributed by atoms with Crippen molar-refractivity contribution in [3.05, 3.63) is 0 Å². The van der Waals surface area contributed by atoms with Crippen LogP contribution >= 0.6 is 0 Å². The largest absolute Gasteiger partial charge is 0.351 e. The van der Waals surface area contributed by atoms with E-state index >= 15 is 0 Å². The van der Waals surface area contributed by atoms with Gasteiger partial charge in [-0.25, -0.2) is 4.79 Å². The summed E-state index contributed by atoms with van der Waals surface area (Å²) >= 11 is 0. The molecule has 0 spiro atoms. The van der Waals surface area contributed by atoms with E-state index in [1.165, 1.54) is 4.90 Å². The molecule has 6 nitrogen and oxygen atoms in total. The van der Waals surface area contributed by atoms with Gasteiger partial charge in [-0.3, -0.25) is 4.79 Å². The predicted molar refractivity (Wildman–Crippen MR) is 60.9 cm³/mol. The highest BCUT2D eigenvalue weighted by molar-refractivity contribution is 5.83. The number of carbonyl (C=O) groups is 2. The van der Waals surface area contributed by atoms with Crippen molar-refractivity contribution in [3.63, 3.8) is 0 Å². The molecule has 0 atom stereocenters. The first kappa shape index (κ1) is 12.8. The topological polar surface area (TPSA) is 78.7 Å². The number of nitrogens with one attached hydrogen (secondary N) is 1. The molecule has 0 aromatic heterocycles. The molecule has 3 amide bonds. The standard InChI is InChI=1S/C10H20N4O2/c1-8(2)14(10(11)16)7-9(15)13-5-3-12-4-6-13/h8,12H,3-7H2,1-2H3,(H2,11,16). The van der Waals surface area contributed by atoms with E-state index in [4.69, 9.17) is 5.73 Å². The van der Waals surface area contributed by atoms with Crippen LogP contribution in [0.4, 0.5) is 4.79 Å². The SMILES string of the molecule is CC(C)N(CC(=O)N1CCNCC1)C(N)=O. The highest BCUT2D eigenvalue weighted by Gasteiger charge is 2.22. The van der Waals surface area contributed by atoms with Gasteiger partial charge in [0, 0.05) is 32.2 Å². The fraction of sp³-hybridized carbons (Fsp3) is 0.800. The molecule has 1 heterocycles. The Labute approximate surface area is 95.8 Å². The van der Waals surface area contributed by atoms with E-state index in [1.807, 2.05) is 13.8 Å². The molecule has 1 rings (SSSR count). The van der Waals surface area contributed by atoms with E-state index in [2.05, 4.69) is 5.32 Å². The lowest BCUT2D eigenvalue weighted by Gasteiger charge is -2.31. The molecular formula is C10H20N4O2. The quantitative estimate of drug-likeness (QED) is 0.664. The highest BCUT2D eigenvalue weighted by atomic mass is 16.2. The zero-order valence-electron chi connectivity index (χ0n) is 9.90. The molecule has 1 aliphatic heterocycles. The van der Waals surface area contributed by atoms with Gasteiger partial charge < -0.3 is 20.9 Å². The number of primary amides is 1. The summed E-state index contributed by atoms with van der Waals surface area (Å²) in [6.45, 7) is 6.78. The normalized spacial score (nSPS) is 16.3. The minimum atomic E-state index is -0.543. The molecule has 0 aromatic rings. The average Bonchev–Trinajstić information content (AvgIpc) is 2.25. The number of hydrogen-bond acceptors (Lipinski definition) is 3. The number of urea groups is 1. The van der Waals surface area contributed by atoms with Crippen LogP contribution in [0.5, 0.6) is 0 Å². The first-order valence-electron chi connectivity index (χ1n) is 5.57. The highest BCUT2D eigenvalue weighted by Crippen LogP contribution is 2.01. The van der Waals surface area contributed by atoms with Crippen LogP contribution in [0.25, 0.3) is 0 Å². The Hall–Kier alpha value is -1.30. The van der Waals surface area contributed by atoms with Gasteiger partial charge in [0.25, 0.3) is 0 Å². The van der Waals surface area contributed by atoms with Crippen molar-refractivity contribution in [1.29, 1.82) is 0 Å². The number of amides is 3. The Morgan fingerprint density at radius 1 is 1.38 bits per heavy atom. The first-order chi connectivity index (χ1) is 7.52. The lowest BCUT2D eigenvalue weighted by Crippen LogP contribution is -2.52. The molecule has 0 aromatic carbocycles. The smallest absolute Gasteiger partial charge is 0.315 e. The fourth-order valence-corrected chi connectivity index (χ4v) is 1.67. The van der Waals surface area contributed by atoms with Crippen LogP contribution in [0.1, 0.15) is 13.8 Å². The van der Waals surface area contributed by atoms with Crippen LogP contribution < -0.4 is 11.1 Å². The number of nitrogens with zero attached hydrogens (tertiary/aromatic N) is 2. The Kier molecular flexibility index (Phi) is 4.54. The molecule has 0 aliphatic carbocycles. The molecule has 0 radical (unpaired) electrons. The number of nitrogens with two attached hydrogens (primary N) is 1. The van der Waals surface area contributed by atoms with Crippen molar-refractivity contribution in [3.8, 4) is 0 Å². The van der Waals surface area contributed by atoms with Crippen LogP contribution in [0.2, 0.25) is 0 Å². The van der Waals surface area contributed by atoms with E-state index in [-0.39, 0.29) is 18.5 Å². The van der Waals surface area contributed by atoms with Crippen LogP contribution in [0.3, 0.4) is 0 Å². The van der Waals surface area contributed by atoms with Gasteiger partial charge in [0.2, 0.25) is 5.91 Å². The van der Waals surface area contributed by atoms with E-state index in [9.17, 15) is 9.59 Å². The third kappa shape index (κ3) is 3.37. The van der Waals surface area contributed by atoms with Crippen molar-refractivity contribution in [2.75, 3.05) is 32.7 Å². The van der Waals surface area contributed by atoms with Gasteiger partial charge in [0.1, 0.15) is 6.54 Å². The molecular weight excluding hydrogens is 208 g/mol. The van der Waals surface area contributed by atoms with Crippen molar-refractivity contribution in [2.45, 2.75) is 19.9 Å².